The highest BCUT2D eigenvalue weighted by Gasteiger charge is 2.29. The fourth-order valence-corrected chi connectivity index (χ4v) is 3.57. The van der Waals surface area contributed by atoms with Crippen LogP contribution < -0.4 is 5.32 Å². The predicted molar refractivity (Wildman–Crippen MR) is 111 cm³/mol. The highest BCUT2D eigenvalue weighted by atomic mass is 16.5. The molecule has 1 aliphatic rings. The summed E-state index contributed by atoms with van der Waals surface area (Å²) in [4.78, 5) is 12.2. The van der Waals surface area contributed by atoms with Crippen LogP contribution in [-0.2, 0) is 4.74 Å². The quantitative estimate of drug-likeness (QED) is 0.664. The first-order valence-electron chi connectivity index (χ1n) is 9.40. The number of amides is 1. The Hall–Kier alpha value is -3.51. The van der Waals surface area contributed by atoms with Crippen LogP contribution in [0, 0.1) is 11.8 Å². The van der Waals surface area contributed by atoms with E-state index in [4.69, 9.17) is 4.74 Å². The van der Waals surface area contributed by atoms with Crippen LogP contribution in [0.25, 0.3) is 11.1 Å². The Morgan fingerprint density at radius 1 is 0.929 bits per heavy atom. The molecule has 0 saturated carbocycles. The van der Waals surface area contributed by atoms with E-state index in [9.17, 15) is 4.79 Å². The summed E-state index contributed by atoms with van der Waals surface area (Å²) in [6.07, 6.45) is -0.447. The van der Waals surface area contributed by atoms with Gasteiger partial charge in [-0.2, -0.15) is 0 Å². The lowest BCUT2D eigenvalue weighted by Crippen LogP contribution is -2.32. The molecule has 0 aromatic heterocycles. The van der Waals surface area contributed by atoms with Gasteiger partial charge in [0.25, 0.3) is 0 Å². The third-order valence-corrected chi connectivity index (χ3v) is 4.88. The lowest BCUT2D eigenvalue weighted by molar-refractivity contribution is 0.141. The first-order chi connectivity index (χ1) is 13.7. The van der Waals surface area contributed by atoms with Gasteiger partial charge in [-0.3, -0.25) is 0 Å². The third-order valence-electron chi connectivity index (χ3n) is 4.88. The minimum absolute atomic E-state index is 0.0591. The van der Waals surface area contributed by atoms with Crippen LogP contribution in [0.4, 0.5) is 4.79 Å². The van der Waals surface area contributed by atoms with Crippen LogP contribution in [-0.4, -0.2) is 18.7 Å². The summed E-state index contributed by atoms with van der Waals surface area (Å²) >= 11 is 0. The standard InChI is InChI=1S/C25H21NO2/c1-18(15-16-19-9-3-2-4-10-19)26-25(27)28-17-24-22-13-7-5-11-20(22)21-12-6-8-14-23(21)24/h2-14,18,24H,17H2,1H3,(H,26,27). The Balaban J connectivity index is 1.39. The molecule has 138 valence electrons. The number of fused-ring (bicyclic) bond motifs is 3. The van der Waals surface area contributed by atoms with Crippen LogP contribution >= 0.6 is 0 Å². The van der Waals surface area contributed by atoms with Crippen molar-refractivity contribution >= 4 is 6.09 Å². The number of ether oxygens (including phenoxy) is 1. The van der Waals surface area contributed by atoms with Gasteiger partial charge in [0.05, 0.1) is 6.04 Å². The lowest BCUT2D eigenvalue weighted by atomic mass is 9.98. The molecule has 1 unspecified atom stereocenters. The maximum atomic E-state index is 12.2. The van der Waals surface area contributed by atoms with Crippen molar-refractivity contribution in [2.24, 2.45) is 0 Å². The van der Waals surface area contributed by atoms with E-state index in [-0.39, 0.29) is 12.0 Å². The van der Waals surface area contributed by atoms with E-state index in [1.54, 1.807) is 0 Å². The number of alkyl carbamates (subject to hydrolysis) is 1. The summed E-state index contributed by atoms with van der Waals surface area (Å²) in [6, 6.07) is 26.0. The van der Waals surface area contributed by atoms with Gasteiger partial charge in [-0.15, -0.1) is 0 Å². The van der Waals surface area contributed by atoms with Gasteiger partial charge < -0.3 is 10.1 Å². The molecule has 1 aliphatic carbocycles. The molecule has 0 aliphatic heterocycles. The average molecular weight is 367 g/mol. The summed E-state index contributed by atoms with van der Waals surface area (Å²) in [7, 11) is 0. The van der Waals surface area contributed by atoms with Gasteiger partial charge in [-0.05, 0) is 41.3 Å². The second-order valence-electron chi connectivity index (χ2n) is 6.83. The number of carbonyl (C=O) groups is 1. The molecule has 0 bridgehead atoms. The monoisotopic (exact) mass is 367 g/mol. The molecule has 3 aromatic rings. The van der Waals surface area contributed by atoms with Crippen LogP contribution in [0.1, 0.15) is 29.5 Å². The number of benzene rings is 3. The highest BCUT2D eigenvalue weighted by molar-refractivity contribution is 5.79. The first-order valence-corrected chi connectivity index (χ1v) is 9.40. The molecule has 0 fully saturated rings. The molecular weight excluding hydrogens is 346 g/mol. The Labute approximate surface area is 165 Å². The van der Waals surface area contributed by atoms with E-state index in [0.29, 0.717) is 6.61 Å². The van der Waals surface area contributed by atoms with Gasteiger partial charge in [0.2, 0.25) is 0 Å². The molecule has 0 spiro atoms. The zero-order valence-corrected chi connectivity index (χ0v) is 15.7. The fourth-order valence-electron chi connectivity index (χ4n) is 3.57. The van der Waals surface area contributed by atoms with Gasteiger partial charge >= 0.3 is 6.09 Å². The van der Waals surface area contributed by atoms with Crippen molar-refractivity contribution in [3.8, 4) is 23.0 Å². The normalized spacial score (nSPS) is 12.9. The molecule has 0 radical (unpaired) electrons. The van der Waals surface area contributed by atoms with Crippen molar-refractivity contribution in [1.82, 2.24) is 5.32 Å². The van der Waals surface area contributed by atoms with E-state index in [0.717, 1.165) is 5.56 Å². The summed E-state index contributed by atoms with van der Waals surface area (Å²) in [6.45, 7) is 2.15. The number of hydrogen-bond donors (Lipinski definition) is 1. The molecule has 1 N–H and O–H groups in total. The van der Waals surface area contributed by atoms with Gasteiger partial charge in [-0.1, -0.05) is 78.6 Å². The van der Waals surface area contributed by atoms with Crippen LogP contribution in [0.15, 0.2) is 78.9 Å². The molecule has 4 rings (SSSR count). The minimum Gasteiger partial charge on any atom is -0.449 e. The lowest BCUT2D eigenvalue weighted by Gasteiger charge is -2.15. The second-order valence-corrected chi connectivity index (χ2v) is 6.83. The fraction of sp³-hybridized carbons (Fsp3) is 0.160. The van der Waals surface area contributed by atoms with Gasteiger partial charge in [0.15, 0.2) is 0 Å². The summed E-state index contributed by atoms with van der Waals surface area (Å²) in [5, 5.41) is 2.79. The SMILES string of the molecule is CC(C#Cc1ccccc1)NC(=O)OCC1c2ccccc2-c2ccccc21. The summed E-state index contributed by atoms with van der Waals surface area (Å²) < 4.78 is 5.54. The smallest absolute Gasteiger partial charge is 0.408 e. The Kier molecular flexibility index (Phi) is 5.12. The molecule has 1 atom stereocenters. The zero-order valence-electron chi connectivity index (χ0n) is 15.7. The summed E-state index contributed by atoms with van der Waals surface area (Å²) in [5.41, 5.74) is 5.76. The van der Waals surface area contributed by atoms with E-state index in [1.165, 1.54) is 22.3 Å². The van der Waals surface area contributed by atoms with E-state index in [2.05, 4.69) is 41.4 Å². The van der Waals surface area contributed by atoms with Crippen LogP contribution in [0.3, 0.4) is 0 Å². The van der Waals surface area contributed by atoms with Gasteiger partial charge in [0.1, 0.15) is 6.61 Å². The second kappa shape index (κ2) is 8.02. The van der Waals surface area contributed by atoms with Gasteiger partial charge in [0, 0.05) is 11.5 Å². The maximum absolute atomic E-state index is 12.2. The summed E-state index contributed by atoms with van der Waals surface area (Å²) in [5.74, 6) is 6.14. The number of rotatable bonds is 3. The number of carbonyl (C=O) groups excluding carboxylic acids is 1. The van der Waals surface area contributed by atoms with E-state index in [1.807, 2.05) is 61.5 Å². The first kappa shape index (κ1) is 17.9. The van der Waals surface area contributed by atoms with Crippen LogP contribution in [0.5, 0.6) is 0 Å². The largest absolute Gasteiger partial charge is 0.449 e. The van der Waals surface area contributed by atoms with E-state index < -0.39 is 6.09 Å². The molecule has 0 saturated heterocycles. The molecule has 3 aromatic carbocycles. The molecule has 3 heteroatoms. The predicted octanol–water partition coefficient (Wildman–Crippen LogP) is 4.97. The topological polar surface area (TPSA) is 38.3 Å². The number of hydrogen-bond acceptors (Lipinski definition) is 2. The van der Waals surface area contributed by atoms with Crippen LogP contribution in [0.2, 0.25) is 0 Å². The van der Waals surface area contributed by atoms with E-state index >= 15 is 0 Å². The Bertz CT molecular complexity index is 1000. The molecule has 1 amide bonds. The minimum atomic E-state index is -0.447. The van der Waals surface area contributed by atoms with Gasteiger partial charge in [-0.25, -0.2) is 4.79 Å². The highest BCUT2D eigenvalue weighted by Crippen LogP contribution is 2.44. The van der Waals surface area contributed by atoms with Crippen molar-refractivity contribution in [1.29, 1.82) is 0 Å². The van der Waals surface area contributed by atoms with Crippen molar-refractivity contribution in [3.05, 3.63) is 95.6 Å². The molecule has 0 heterocycles. The molecular formula is C25H21NO2. The molecule has 28 heavy (non-hydrogen) atoms. The van der Waals surface area contributed by atoms with Crippen molar-refractivity contribution < 1.29 is 9.53 Å². The average Bonchev–Trinajstić information content (AvgIpc) is 3.05. The Morgan fingerprint density at radius 3 is 2.14 bits per heavy atom. The maximum Gasteiger partial charge on any atom is 0.408 e. The zero-order chi connectivity index (χ0) is 19.3. The van der Waals surface area contributed by atoms with Crippen molar-refractivity contribution in [2.75, 3.05) is 6.61 Å². The molecule has 3 nitrogen and oxygen atoms in total. The Morgan fingerprint density at radius 2 is 1.50 bits per heavy atom. The third kappa shape index (κ3) is 3.77. The van der Waals surface area contributed by atoms with Crippen molar-refractivity contribution in [3.63, 3.8) is 0 Å². The van der Waals surface area contributed by atoms with Crippen molar-refractivity contribution in [2.45, 2.75) is 18.9 Å². The number of nitrogens with one attached hydrogen (secondary N) is 1.